The van der Waals surface area contributed by atoms with E-state index in [1.165, 1.54) is 0 Å². The van der Waals surface area contributed by atoms with Crippen LogP contribution in [-0.4, -0.2) is 89.9 Å². The van der Waals surface area contributed by atoms with Crippen LogP contribution in [0, 0.1) is 18.3 Å². The van der Waals surface area contributed by atoms with E-state index in [1.54, 1.807) is 44.2 Å². The Kier molecular flexibility index (Phi) is 12.3. The number of nitrogens with zero attached hydrogens (tertiary/aromatic N) is 3. The first kappa shape index (κ1) is 30.6. The smallest absolute Gasteiger partial charge is 0.340 e. The van der Waals surface area contributed by atoms with Gasteiger partial charge in [-0.05, 0) is 37.6 Å². The zero-order valence-electron chi connectivity index (χ0n) is 21.7. The molecule has 39 heavy (non-hydrogen) atoms. The number of carbonyl (C=O) groups is 4. The van der Waals surface area contributed by atoms with Crippen LogP contribution in [0.2, 0.25) is 0 Å². The van der Waals surface area contributed by atoms with Crippen molar-refractivity contribution in [3.05, 3.63) is 65.0 Å². The Balaban J connectivity index is 0.000000580. The molecule has 0 bridgehead atoms. The van der Waals surface area contributed by atoms with E-state index < -0.39 is 17.9 Å². The molecule has 1 aromatic carbocycles. The molecule has 12 nitrogen and oxygen atoms in total. The molecule has 0 saturated carbocycles. The normalized spacial score (nSPS) is 13.1. The summed E-state index contributed by atoms with van der Waals surface area (Å²) in [5.74, 6) is -3.34. The number of aryl methyl sites for hydroxylation is 1. The molecule has 2 aromatic rings. The number of hydrogen-bond acceptors (Lipinski definition) is 9. The first-order chi connectivity index (χ1) is 18.7. The van der Waals surface area contributed by atoms with E-state index >= 15 is 0 Å². The van der Waals surface area contributed by atoms with E-state index in [1.807, 2.05) is 0 Å². The minimum Gasteiger partial charge on any atom is -0.478 e. The molecule has 1 aliphatic heterocycles. The Bertz CT molecular complexity index is 1250. The summed E-state index contributed by atoms with van der Waals surface area (Å²) >= 11 is 0. The predicted octanol–water partition coefficient (Wildman–Crippen LogP) is 1.88. The zero-order valence-corrected chi connectivity index (χ0v) is 21.7. The number of pyridine rings is 1. The van der Waals surface area contributed by atoms with Crippen LogP contribution in [0.1, 0.15) is 39.0 Å². The Morgan fingerprint density at radius 3 is 2.41 bits per heavy atom. The predicted molar refractivity (Wildman–Crippen MR) is 139 cm³/mol. The number of esters is 1. The van der Waals surface area contributed by atoms with Gasteiger partial charge >= 0.3 is 17.9 Å². The lowest BCUT2D eigenvalue weighted by Crippen LogP contribution is -2.41. The molecule has 3 rings (SSSR count). The molecule has 206 valence electrons. The minimum atomic E-state index is -1.26. The van der Waals surface area contributed by atoms with Gasteiger partial charge in [-0.25, -0.2) is 19.4 Å². The maximum Gasteiger partial charge on any atom is 0.340 e. The monoisotopic (exact) mass is 538 g/mol. The van der Waals surface area contributed by atoms with Crippen LogP contribution >= 0.6 is 0 Å². The van der Waals surface area contributed by atoms with Gasteiger partial charge in [-0.15, -0.1) is 0 Å². The summed E-state index contributed by atoms with van der Waals surface area (Å²) in [6, 6.07) is 10.6. The standard InChI is InChI=1S/C23H26N4O4.C4H4O4/c1-3-31-23(29)21-16(2)26-20(14-19(21)18-6-4-5-17(13-18)15-24)22(28)25-7-8-27-9-11-30-12-10-27;5-3(6)1-2-4(7)8/h4-6,13-14H,3,7-12H2,1-2H3,(H,25,28);1-2H,(H,5,6)(H,7,8). The van der Waals surface area contributed by atoms with Crippen molar-refractivity contribution in [1.29, 1.82) is 5.26 Å². The van der Waals surface area contributed by atoms with Crippen molar-refractivity contribution in [2.45, 2.75) is 13.8 Å². The molecule has 0 spiro atoms. The molecular formula is C27H30N4O8. The van der Waals surface area contributed by atoms with Crippen molar-refractivity contribution in [3.63, 3.8) is 0 Å². The Morgan fingerprint density at radius 2 is 1.82 bits per heavy atom. The number of benzene rings is 1. The van der Waals surface area contributed by atoms with Crippen molar-refractivity contribution in [2.75, 3.05) is 46.0 Å². The fraction of sp³-hybridized carbons (Fsp3) is 0.333. The Hall–Kier alpha value is -4.60. The lowest BCUT2D eigenvalue weighted by atomic mass is 9.96. The number of carboxylic acid groups (broad SMARTS) is 2. The van der Waals surface area contributed by atoms with Gasteiger partial charge < -0.3 is 25.0 Å². The fourth-order valence-electron chi connectivity index (χ4n) is 3.62. The van der Waals surface area contributed by atoms with Gasteiger partial charge in [0.1, 0.15) is 5.69 Å². The van der Waals surface area contributed by atoms with Crippen LogP contribution in [0.4, 0.5) is 0 Å². The van der Waals surface area contributed by atoms with Gasteiger partial charge in [-0.3, -0.25) is 9.69 Å². The summed E-state index contributed by atoms with van der Waals surface area (Å²) in [6.45, 7) is 7.94. The molecule has 1 amide bonds. The van der Waals surface area contributed by atoms with Crippen LogP contribution in [-0.2, 0) is 19.1 Å². The molecule has 3 N–H and O–H groups in total. The third-order valence-corrected chi connectivity index (χ3v) is 5.40. The van der Waals surface area contributed by atoms with E-state index in [0.717, 1.165) is 19.6 Å². The van der Waals surface area contributed by atoms with Gasteiger partial charge in [-0.2, -0.15) is 5.26 Å². The summed E-state index contributed by atoms with van der Waals surface area (Å²) in [4.78, 5) is 51.1. The average Bonchev–Trinajstić information content (AvgIpc) is 2.92. The quantitative estimate of drug-likeness (QED) is 0.313. The van der Waals surface area contributed by atoms with E-state index in [-0.39, 0.29) is 18.2 Å². The number of ether oxygens (including phenoxy) is 2. The van der Waals surface area contributed by atoms with Gasteiger partial charge in [0.05, 0.1) is 42.7 Å². The van der Waals surface area contributed by atoms with Crippen LogP contribution in [0.3, 0.4) is 0 Å². The minimum absolute atomic E-state index is 0.213. The molecule has 0 atom stereocenters. The first-order valence-corrected chi connectivity index (χ1v) is 12.1. The number of hydrogen-bond donors (Lipinski definition) is 3. The molecule has 1 aromatic heterocycles. The topological polar surface area (TPSA) is 179 Å². The van der Waals surface area contributed by atoms with E-state index in [4.69, 9.17) is 19.7 Å². The lowest BCUT2D eigenvalue weighted by Gasteiger charge is -2.26. The van der Waals surface area contributed by atoms with E-state index in [0.29, 0.717) is 59.9 Å². The number of morpholine rings is 1. The average molecular weight is 539 g/mol. The SMILES string of the molecule is CCOC(=O)c1c(-c2cccc(C#N)c2)cc(C(=O)NCCN2CCOCC2)nc1C.O=C(O)C=CC(=O)O. The number of aliphatic carboxylic acids is 2. The van der Waals surface area contributed by atoms with Crippen LogP contribution in [0.15, 0.2) is 42.5 Å². The summed E-state index contributed by atoms with van der Waals surface area (Å²) in [5.41, 5.74) is 2.53. The summed E-state index contributed by atoms with van der Waals surface area (Å²) in [7, 11) is 0. The lowest BCUT2D eigenvalue weighted by molar-refractivity contribution is -0.134. The highest BCUT2D eigenvalue weighted by Crippen LogP contribution is 2.28. The highest BCUT2D eigenvalue weighted by Gasteiger charge is 2.22. The van der Waals surface area contributed by atoms with Crippen molar-refractivity contribution in [2.24, 2.45) is 0 Å². The Morgan fingerprint density at radius 1 is 1.15 bits per heavy atom. The molecule has 1 aliphatic rings. The van der Waals surface area contributed by atoms with Crippen molar-refractivity contribution >= 4 is 23.8 Å². The van der Waals surface area contributed by atoms with Crippen LogP contribution in [0.25, 0.3) is 11.1 Å². The number of nitriles is 1. The number of aromatic nitrogens is 1. The number of carboxylic acids is 2. The second-order valence-electron chi connectivity index (χ2n) is 8.15. The van der Waals surface area contributed by atoms with Crippen molar-refractivity contribution in [3.8, 4) is 17.2 Å². The highest BCUT2D eigenvalue weighted by atomic mass is 16.5. The van der Waals surface area contributed by atoms with Gasteiger partial charge in [0.2, 0.25) is 0 Å². The number of amides is 1. The maximum absolute atomic E-state index is 12.8. The van der Waals surface area contributed by atoms with Gasteiger partial charge in [0, 0.05) is 43.9 Å². The third-order valence-electron chi connectivity index (χ3n) is 5.40. The first-order valence-electron chi connectivity index (χ1n) is 12.1. The summed E-state index contributed by atoms with van der Waals surface area (Å²) < 4.78 is 10.5. The summed E-state index contributed by atoms with van der Waals surface area (Å²) in [6.07, 6.45) is 1.12. The second-order valence-corrected chi connectivity index (χ2v) is 8.15. The number of carbonyl (C=O) groups excluding carboxylic acids is 2. The van der Waals surface area contributed by atoms with Crippen molar-refractivity contribution in [1.82, 2.24) is 15.2 Å². The molecular weight excluding hydrogens is 508 g/mol. The highest BCUT2D eigenvalue weighted by molar-refractivity contribution is 6.01. The molecule has 1 fully saturated rings. The molecule has 0 aliphatic carbocycles. The van der Waals surface area contributed by atoms with Crippen molar-refractivity contribution < 1.29 is 38.9 Å². The zero-order chi connectivity index (χ0) is 28.8. The van der Waals surface area contributed by atoms with E-state index in [9.17, 15) is 24.4 Å². The Labute approximate surface area is 225 Å². The molecule has 0 unspecified atom stereocenters. The maximum atomic E-state index is 12.8. The molecule has 1 saturated heterocycles. The van der Waals surface area contributed by atoms with Crippen LogP contribution < -0.4 is 5.32 Å². The molecule has 0 radical (unpaired) electrons. The van der Waals surface area contributed by atoms with Gasteiger partial charge in [0.25, 0.3) is 5.91 Å². The van der Waals surface area contributed by atoms with Gasteiger partial charge in [0.15, 0.2) is 0 Å². The van der Waals surface area contributed by atoms with E-state index in [2.05, 4.69) is 21.3 Å². The number of nitrogens with one attached hydrogen (secondary N) is 1. The second kappa shape index (κ2) is 15.6. The largest absolute Gasteiger partial charge is 0.478 e. The summed E-state index contributed by atoms with van der Waals surface area (Å²) in [5, 5.41) is 27.8. The third kappa shape index (κ3) is 9.99. The fourth-order valence-corrected chi connectivity index (χ4v) is 3.62. The number of rotatable bonds is 9. The molecule has 12 heteroatoms. The van der Waals surface area contributed by atoms with Gasteiger partial charge in [-0.1, -0.05) is 12.1 Å². The van der Waals surface area contributed by atoms with Crippen LogP contribution in [0.5, 0.6) is 0 Å². The molecule has 2 heterocycles.